The van der Waals surface area contributed by atoms with Gasteiger partial charge in [0.05, 0.1) is 0 Å². The van der Waals surface area contributed by atoms with Gasteiger partial charge in [-0.3, -0.25) is 4.79 Å². The van der Waals surface area contributed by atoms with Crippen LogP contribution in [0.25, 0.3) is 0 Å². The van der Waals surface area contributed by atoms with Crippen LogP contribution in [0.3, 0.4) is 0 Å². The molecule has 4 heteroatoms. The molecule has 0 N–H and O–H groups in total. The third-order valence-electron chi connectivity index (χ3n) is 3.80. The number of aldehydes is 2. The van der Waals surface area contributed by atoms with Crippen molar-refractivity contribution in [2.75, 3.05) is 6.79 Å². The molecule has 2 aliphatic rings. The molecule has 4 nitrogen and oxygen atoms in total. The minimum atomic E-state index is 0.248. The molecular weight excluding hydrogens is 268 g/mol. The summed E-state index contributed by atoms with van der Waals surface area (Å²) in [4.78, 5) is 20.8. The van der Waals surface area contributed by atoms with Gasteiger partial charge in [0.15, 0.2) is 11.5 Å². The molecule has 112 valence electrons. The highest BCUT2D eigenvalue weighted by Crippen LogP contribution is 2.31. The molecule has 3 rings (SSSR count). The summed E-state index contributed by atoms with van der Waals surface area (Å²) in [6.07, 6.45) is 6.24. The van der Waals surface area contributed by atoms with Crippen LogP contribution in [0.4, 0.5) is 0 Å². The van der Waals surface area contributed by atoms with Crippen LogP contribution in [-0.2, 0) is 4.79 Å². The molecule has 0 aromatic heterocycles. The molecule has 2 unspecified atom stereocenters. The fraction of sp³-hybridized carbons (Fsp3) is 0.412. The van der Waals surface area contributed by atoms with E-state index in [2.05, 4.69) is 19.9 Å². The topological polar surface area (TPSA) is 52.6 Å². The Morgan fingerprint density at radius 1 is 1.19 bits per heavy atom. The second-order valence-corrected chi connectivity index (χ2v) is 5.44. The molecule has 0 radical (unpaired) electrons. The van der Waals surface area contributed by atoms with Crippen molar-refractivity contribution in [3.05, 3.63) is 35.4 Å². The summed E-state index contributed by atoms with van der Waals surface area (Å²) in [5.41, 5.74) is 2.04. The Morgan fingerprint density at radius 3 is 2.62 bits per heavy atom. The molecule has 0 saturated heterocycles. The first-order valence-corrected chi connectivity index (χ1v) is 7.11. The molecule has 2 atom stereocenters. The second-order valence-electron chi connectivity index (χ2n) is 5.44. The van der Waals surface area contributed by atoms with Gasteiger partial charge in [0.25, 0.3) is 0 Å². The van der Waals surface area contributed by atoms with E-state index >= 15 is 0 Å². The van der Waals surface area contributed by atoms with E-state index in [0.29, 0.717) is 23.0 Å². The van der Waals surface area contributed by atoms with Gasteiger partial charge in [-0.1, -0.05) is 18.6 Å². The van der Waals surface area contributed by atoms with Gasteiger partial charge in [-0.15, -0.1) is 0 Å². The number of carbonyl (C=O) groups excluding carboxylic acids is 2. The number of carbonyl (C=O) groups is 2. The Labute approximate surface area is 124 Å². The molecule has 0 bridgehead atoms. The maximum Gasteiger partial charge on any atom is 0.231 e. The van der Waals surface area contributed by atoms with Gasteiger partial charge < -0.3 is 14.3 Å². The predicted molar refractivity (Wildman–Crippen MR) is 79.7 cm³/mol. The van der Waals surface area contributed by atoms with E-state index < -0.39 is 0 Å². The van der Waals surface area contributed by atoms with E-state index in [9.17, 15) is 9.59 Å². The lowest BCUT2D eigenvalue weighted by atomic mass is 9.83. The van der Waals surface area contributed by atoms with Gasteiger partial charge in [0, 0.05) is 11.5 Å². The van der Waals surface area contributed by atoms with E-state index in [-0.39, 0.29) is 12.7 Å². The minimum Gasteiger partial charge on any atom is -0.454 e. The quantitative estimate of drug-likeness (QED) is 0.618. The molecule has 1 aliphatic heterocycles. The standard InChI is InChI=1S/C9H14O.C8H6O3/c1-7-3-4-9(6-10)8(2)5-7;9-4-6-1-2-7-8(3-6)11-5-10-7/h5-6,8-9H,3-4H2,1-2H3;1-4H,5H2. The van der Waals surface area contributed by atoms with Crippen LogP contribution in [0.2, 0.25) is 0 Å². The summed E-state index contributed by atoms with van der Waals surface area (Å²) in [6.45, 7) is 4.50. The molecule has 0 fully saturated rings. The highest BCUT2D eigenvalue weighted by Gasteiger charge is 2.18. The summed E-state index contributed by atoms with van der Waals surface area (Å²) in [5.74, 6) is 2.10. The van der Waals surface area contributed by atoms with Crippen molar-refractivity contribution in [2.24, 2.45) is 11.8 Å². The maximum atomic E-state index is 10.4. The first kappa shape index (κ1) is 15.3. The zero-order valence-electron chi connectivity index (χ0n) is 12.4. The number of allylic oxidation sites excluding steroid dienone is 2. The van der Waals surface area contributed by atoms with Crippen molar-refractivity contribution in [1.29, 1.82) is 0 Å². The van der Waals surface area contributed by atoms with E-state index in [0.717, 1.165) is 25.4 Å². The van der Waals surface area contributed by atoms with Gasteiger partial charge in [-0.25, -0.2) is 0 Å². The lowest BCUT2D eigenvalue weighted by Gasteiger charge is -2.21. The molecular formula is C17H20O4. The zero-order chi connectivity index (χ0) is 15.2. The van der Waals surface area contributed by atoms with Crippen LogP contribution in [0.1, 0.15) is 37.0 Å². The van der Waals surface area contributed by atoms with E-state index in [4.69, 9.17) is 9.47 Å². The summed E-state index contributed by atoms with van der Waals surface area (Å²) in [6, 6.07) is 5.09. The summed E-state index contributed by atoms with van der Waals surface area (Å²) in [7, 11) is 0. The SMILES string of the molecule is CC1=CC(C)C(C=O)CC1.O=Cc1ccc2c(c1)OCO2. The molecule has 21 heavy (non-hydrogen) atoms. The maximum absolute atomic E-state index is 10.4. The fourth-order valence-electron chi connectivity index (χ4n) is 2.49. The van der Waals surface area contributed by atoms with Crippen molar-refractivity contribution in [3.8, 4) is 11.5 Å². The Bertz CT molecular complexity index is 548. The summed E-state index contributed by atoms with van der Waals surface area (Å²) >= 11 is 0. The van der Waals surface area contributed by atoms with E-state index in [1.807, 2.05) is 0 Å². The Kier molecular flexibility index (Phi) is 5.14. The largest absolute Gasteiger partial charge is 0.454 e. The van der Waals surface area contributed by atoms with Crippen molar-refractivity contribution >= 4 is 12.6 Å². The fourth-order valence-corrected chi connectivity index (χ4v) is 2.49. The minimum absolute atomic E-state index is 0.248. The third kappa shape index (κ3) is 3.94. The zero-order valence-corrected chi connectivity index (χ0v) is 12.4. The highest BCUT2D eigenvalue weighted by molar-refractivity contribution is 5.76. The lowest BCUT2D eigenvalue weighted by Crippen LogP contribution is -2.15. The molecule has 0 saturated carbocycles. The molecule has 0 amide bonds. The number of hydrogen-bond donors (Lipinski definition) is 0. The summed E-state index contributed by atoms with van der Waals surface area (Å²) in [5, 5.41) is 0. The van der Waals surface area contributed by atoms with Gasteiger partial charge in [-0.2, -0.15) is 0 Å². The van der Waals surface area contributed by atoms with Crippen molar-refractivity contribution in [1.82, 2.24) is 0 Å². The predicted octanol–water partition coefficient (Wildman–Crippen LogP) is 3.41. The van der Waals surface area contributed by atoms with Crippen LogP contribution < -0.4 is 9.47 Å². The van der Waals surface area contributed by atoms with Crippen molar-refractivity contribution in [2.45, 2.75) is 26.7 Å². The van der Waals surface area contributed by atoms with Crippen molar-refractivity contribution in [3.63, 3.8) is 0 Å². The van der Waals surface area contributed by atoms with Gasteiger partial charge in [0.1, 0.15) is 12.6 Å². The Balaban J connectivity index is 0.000000155. The van der Waals surface area contributed by atoms with Crippen LogP contribution in [-0.4, -0.2) is 19.4 Å². The molecule has 0 spiro atoms. The third-order valence-corrected chi connectivity index (χ3v) is 3.80. The van der Waals surface area contributed by atoms with E-state index in [1.165, 1.54) is 5.57 Å². The first-order valence-electron chi connectivity index (χ1n) is 7.11. The van der Waals surface area contributed by atoms with Gasteiger partial charge in [0.2, 0.25) is 6.79 Å². The normalized spacial score (nSPS) is 22.7. The van der Waals surface area contributed by atoms with Crippen LogP contribution in [0, 0.1) is 11.8 Å². The van der Waals surface area contributed by atoms with Gasteiger partial charge in [-0.05, 0) is 43.9 Å². The van der Waals surface area contributed by atoms with Crippen LogP contribution >= 0.6 is 0 Å². The average molecular weight is 288 g/mol. The number of hydrogen-bond acceptors (Lipinski definition) is 4. The smallest absolute Gasteiger partial charge is 0.231 e. The van der Waals surface area contributed by atoms with Crippen LogP contribution in [0.5, 0.6) is 11.5 Å². The number of rotatable bonds is 2. The number of fused-ring (bicyclic) bond motifs is 1. The van der Waals surface area contributed by atoms with Gasteiger partial charge >= 0.3 is 0 Å². The van der Waals surface area contributed by atoms with Crippen LogP contribution in [0.15, 0.2) is 29.8 Å². The molecule has 1 aromatic rings. The number of ether oxygens (including phenoxy) is 2. The Morgan fingerprint density at radius 2 is 1.95 bits per heavy atom. The second kappa shape index (κ2) is 7.07. The van der Waals surface area contributed by atoms with Crippen molar-refractivity contribution < 1.29 is 19.1 Å². The van der Waals surface area contributed by atoms with E-state index in [1.54, 1.807) is 18.2 Å². The Hall–Kier alpha value is -2.10. The summed E-state index contributed by atoms with van der Waals surface area (Å²) < 4.78 is 10.1. The molecule has 1 aromatic carbocycles. The average Bonchev–Trinajstić information content (AvgIpc) is 2.95. The lowest BCUT2D eigenvalue weighted by molar-refractivity contribution is -0.112. The molecule has 1 heterocycles. The molecule has 1 aliphatic carbocycles. The monoisotopic (exact) mass is 288 g/mol. The highest BCUT2D eigenvalue weighted by atomic mass is 16.7. The first-order chi connectivity index (χ1) is 10.1. The number of benzene rings is 1.